The molecule has 0 saturated carbocycles. The molecule has 2 rings (SSSR count). The lowest BCUT2D eigenvalue weighted by Crippen LogP contribution is -2.40. The Morgan fingerprint density at radius 2 is 2.50 bits per heavy atom. The highest BCUT2D eigenvalue weighted by Gasteiger charge is 2.23. The topological polar surface area (TPSA) is 20.3 Å². The van der Waals surface area contributed by atoms with Crippen molar-refractivity contribution in [3.05, 3.63) is 22.4 Å². The van der Waals surface area contributed by atoms with Crippen LogP contribution in [0.15, 0.2) is 17.5 Å². The Morgan fingerprint density at radius 3 is 3.14 bits per heavy atom. The van der Waals surface area contributed by atoms with Crippen molar-refractivity contribution < 1.29 is 4.79 Å². The summed E-state index contributed by atoms with van der Waals surface area (Å²) in [5.74, 6) is 0.417. The second-order valence-corrected chi connectivity index (χ2v) is 4.92. The summed E-state index contributed by atoms with van der Waals surface area (Å²) in [5.41, 5.74) is 0. The maximum Gasteiger partial charge on any atom is 0.135 e. The van der Waals surface area contributed by atoms with Crippen LogP contribution >= 0.6 is 11.3 Å². The van der Waals surface area contributed by atoms with Crippen LogP contribution in [-0.2, 0) is 11.3 Å². The van der Waals surface area contributed by atoms with E-state index in [0.717, 1.165) is 25.9 Å². The largest absolute Gasteiger partial charge is 0.300 e. The highest BCUT2D eigenvalue weighted by atomic mass is 32.1. The standard InChI is InChI=1S/C11H15NOS/c1-9-7-10(13)4-5-12(9)8-11-3-2-6-14-11/h2-3,6,9H,4-5,7-8H2,1H3. The van der Waals surface area contributed by atoms with Crippen LogP contribution in [-0.4, -0.2) is 23.3 Å². The second kappa shape index (κ2) is 4.24. The van der Waals surface area contributed by atoms with Crippen LogP contribution in [0.4, 0.5) is 0 Å². The van der Waals surface area contributed by atoms with Gasteiger partial charge in [-0.1, -0.05) is 6.07 Å². The lowest BCUT2D eigenvalue weighted by atomic mass is 10.0. The van der Waals surface area contributed by atoms with Crippen LogP contribution in [0.3, 0.4) is 0 Å². The Bertz CT molecular complexity index is 307. The molecular formula is C11H15NOS. The summed E-state index contributed by atoms with van der Waals surface area (Å²) in [6.07, 6.45) is 1.46. The Hall–Kier alpha value is -0.670. The van der Waals surface area contributed by atoms with E-state index in [0.29, 0.717) is 11.8 Å². The first-order valence-electron chi connectivity index (χ1n) is 5.04. The number of rotatable bonds is 2. The number of thiophene rings is 1. The number of likely N-dealkylation sites (tertiary alicyclic amines) is 1. The van der Waals surface area contributed by atoms with Crippen molar-refractivity contribution in [1.29, 1.82) is 0 Å². The third kappa shape index (κ3) is 2.22. The van der Waals surface area contributed by atoms with Gasteiger partial charge in [-0.05, 0) is 18.4 Å². The summed E-state index contributed by atoms with van der Waals surface area (Å²) in [6.45, 7) is 4.08. The van der Waals surface area contributed by atoms with Crippen molar-refractivity contribution in [1.82, 2.24) is 4.90 Å². The van der Waals surface area contributed by atoms with Gasteiger partial charge in [-0.25, -0.2) is 0 Å². The smallest absolute Gasteiger partial charge is 0.135 e. The highest BCUT2D eigenvalue weighted by molar-refractivity contribution is 7.09. The van der Waals surface area contributed by atoms with Gasteiger partial charge in [-0.3, -0.25) is 9.69 Å². The predicted molar refractivity (Wildman–Crippen MR) is 58.4 cm³/mol. The number of carbonyl (C=O) groups excluding carboxylic acids is 1. The number of Topliss-reactive ketones (excluding diaryl/α,β-unsaturated/α-hetero) is 1. The van der Waals surface area contributed by atoms with E-state index < -0.39 is 0 Å². The van der Waals surface area contributed by atoms with Crippen molar-refractivity contribution in [2.24, 2.45) is 0 Å². The summed E-state index contributed by atoms with van der Waals surface area (Å²) in [5, 5.41) is 2.11. The van der Waals surface area contributed by atoms with Gasteiger partial charge in [-0.2, -0.15) is 0 Å². The fourth-order valence-corrected chi connectivity index (χ4v) is 2.62. The summed E-state index contributed by atoms with van der Waals surface area (Å²) >= 11 is 1.79. The van der Waals surface area contributed by atoms with Crippen molar-refractivity contribution >= 4 is 17.1 Å². The van der Waals surface area contributed by atoms with Gasteiger partial charge in [0, 0.05) is 36.9 Å². The number of nitrogens with zero attached hydrogens (tertiary/aromatic N) is 1. The number of piperidine rings is 1. The van der Waals surface area contributed by atoms with E-state index in [4.69, 9.17) is 0 Å². The van der Waals surface area contributed by atoms with E-state index in [-0.39, 0.29) is 0 Å². The molecule has 0 aliphatic carbocycles. The van der Waals surface area contributed by atoms with Crippen LogP contribution in [0.5, 0.6) is 0 Å². The molecule has 1 unspecified atom stereocenters. The van der Waals surface area contributed by atoms with E-state index in [2.05, 4.69) is 29.3 Å². The Balaban J connectivity index is 1.95. The monoisotopic (exact) mass is 209 g/mol. The lowest BCUT2D eigenvalue weighted by Gasteiger charge is -2.32. The molecule has 0 aromatic carbocycles. The maximum absolute atomic E-state index is 11.2. The molecule has 0 amide bonds. The van der Waals surface area contributed by atoms with Gasteiger partial charge in [0.2, 0.25) is 0 Å². The van der Waals surface area contributed by atoms with Gasteiger partial charge in [-0.15, -0.1) is 11.3 Å². The Labute approximate surface area is 88.5 Å². The molecule has 14 heavy (non-hydrogen) atoms. The molecule has 3 heteroatoms. The van der Waals surface area contributed by atoms with Gasteiger partial charge in [0.05, 0.1) is 0 Å². The molecule has 0 bridgehead atoms. The van der Waals surface area contributed by atoms with Crippen LogP contribution in [0.2, 0.25) is 0 Å². The van der Waals surface area contributed by atoms with Crippen molar-refractivity contribution in [3.63, 3.8) is 0 Å². The van der Waals surface area contributed by atoms with Gasteiger partial charge >= 0.3 is 0 Å². The van der Waals surface area contributed by atoms with Gasteiger partial charge < -0.3 is 0 Å². The molecule has 0 radical (unpaired) electrons. The van der Waals surface area contributed by atoms with Crippen molar-refractivity contribution in [2.75, 3.05) is 6.54 Å². The molecule has 0 N–H and O–H groups in total. The maximum atomic E-state index is 11.2. The molecule has 1 saturated heterocycles. The minimum absolute atomic E-state index is 0.415. The molecule has 76 valence electrons. The molecule has 1 fully saturated rings. The van der Waals surface area contributed by atoms with E-state index in [1.54, 1.807) is 11.3 Å². The molecular weight excluding hydrogens is 194 g/mol. The van der Waals surface area contributed by atoms with Crippen LogP contribution in [0.25, 0.3) is 0 Å². The average Bonchev–Trinajstić information content (AvgIpc) is 2.62. The first kappa shape index (κ1) is 9.87. The summed E-state index contributed by atoms with van der Waals surface area (Å²) in [4.78, 5) is 15.0. The Kier molecular flexibility index (Phi) is 2.99. The SMILES string of the molecule is CC1CC(=O)CCN1Cc1cccs1. The molecule has 0 spiro atoms. The molecule has 1 aromatic rings. The minimum atomic E-state index is 0.415. The van der Waals surface area contributed by atoms with E-state index in [1.165, 1.54) is 4.88 Å². The zero-order valence-corrected chi connectivity index (χ0v) is 9.22. The van der Waals surface area contributed by atoms with Gasteiger partial charge in [0.1, 0.15) is 5.78 Å². The zero-order chi connectivity index (χ0) is 9.97. The number of hydrogen-bond donors (Lipinski definition) is 0. The molecule has 1 aliphatic heterocycles. The third-order valence-corrected chi connectivity index (χ3v) is 3.62. The van der Waals surface area contributed by atoms with Crippen LogP contribution in [0, 0.1) is 0 Å². The quantitative estimate of drug-likeness (QED) is 0.745. The first-order chi connectivity index (χ1) is 6.75. The van der Waals surface area contributed by atoms with E-state index >= 15 is 0 Å². The van der Waals surface area contributed by atoms with Crippen molar-refractivity contribution in [3.8, 4) is 0 Å². The normalized spacial score (nSPS) is 24.1. The molecule has 1 atom stereocenters. The van der Waals surface area contributed by atoms with Gasteiger partial charge in [0.25, 0.3) is 0 Å². The second-order valence-electron chi connectivity index (χ2n) is 3.89. The lowest BCUT2D eigenvalue weighted by molar-refractivity contribution is -0.123. The fourth-order valence-electron chi connectivity index (χ4n) is 1.89. The minimum Gasteiger partial charge on any atom is -0.300 e. The van der Waals surface area contributed by atoms with Crippen LogP contribution in [0.1, 0.15) is 24.6 Å². The summed E-state index contributed by atoms with van der Waals surface area (Å²) in [7, 11) is 0. The zero-order valence-electron chi connectivity index (χ0n) is 8.40. The van der Waals surface area contributed by atoms with Gasteiger partial charge in [0.15, 0.2) is 0 Å². The third-order valence-electron chi connectivity index (χ3n) is 2.76. The fraction of sp³-hybridized carbons (Fsp3) is 0.545. The Morgan fingerprint density at radius 1 is 1.64 bits per heavy atom. The predicted octanol–water partition coefficient (Wildman–Crippen LogP) is 2.30. The highest BCUT2D eigenvalue weighted by Crippen LogP contribution is 2.19. The van der Waals surface area contributed by atoms with Crippen LogP contribution < -0.4 is 0 Å². The summed E-state index contributed by atoms with van der Waals surface area (Å²) < 4.78 is 0. The van der Waals surface area contributed by atoms with E-state index in [1.807, 2.05) is 0 Å². The number of hydrogen-bond acceptors (Lipinski definition) is 3. The molecule has 1 aromatic heterocycles. The van der Waals surface area contributed by atoms with E-state index in [9.17, 15) is 4.79 Å². The van der Waals surface area contributed by atoms with Crippen molar-refractivity contribution in [2.45, 2.75) is 32.4 Å². The molecule has 2 heterocycles. The summed E-state index contributed by atoms with van der Waals surface area (Å²) in [6, 6.07) is 4.66. The number of ketones is 1. The average molecular weight is 209 g/mol. The first-order valence-corrected chi connectivity index (χ1v) is 5.92. The molecule has 2 nitrogen and oxygen atoms in total. The molecule has 1 aliphatic rings. The number of carbonyl (C=O) groups is 1.